The van der Waals surface area contributed by atoms with E-state index in [0.717, 1.165) is 10.9 Å². The van der Waals surface area contributed by atoms with Crippen molar-refractivity contribution in [2.75, 3.05) is 12.3 Å². The molecular formula is C10H15N8O12P3. The number of ether oxygens (including phenoxy) is 1. The number of nitrogens with two attached hydrogens (primary N) is 1. The van der Waals surface area contributed by atoms with Crippen molar-refractivity contribution < 1.29 is 57.6 Å². The first-order valence-corrected chi connectivity index (χ1v) is 12.8. The molecule has 0 saturated carbocycles. The van der Waals surface area contributed by atoms with Crippen LogP contribution in [0.5, 0.6) is 0 Å². The molecule has 0 aliphatic carbocycles. The van der Waals surface area contributed by atoms with Crippen LogP contribution in [0.3, 0.4) is 0 Å². The summed E-state index contributed by atoms with van der Waals surface area (Å²) in [6.07, 6.45) is -4.14. The quantitative estimate of drug-likeness (QED) is 0.104. The lowest BCUT2D eigenvalue weighted by Gasteiger charge is -2.19. The normalized spacial score (nSPS) is 27.5. The van der Waals surface area contributed by atoms with Gasteiger partial charge in [0.25, 0.3) is 0 Å². The fourth-order valence-electron chi connectivity index (χ4n) is 2.73. The minimum Gasteiger partial charge on any atom is -0.390 e. The van der Waals surface area contributed by atoms with Gasteiger partial charge in [0.2, 0.25) is 0 Å². The van der Waals surface area contributed by atoms with Gasteiger partial charge in [-0.3, -0.25) is 9.09 Å². The molecular weight excluding hydrogens is 517 g/mol. The van der Waals surface area contributed by atoms with E-state index in [2.05, 4.69) is 38.1 Å². The second-order valence-corrected chi connectivity index (χ2v) is 10.6. The van der Waals surface area contributed by atoms with Crippen molar-refractivity contribution in [3.05, 3.63) is 23.1 Å². The minimum atomic E-state index is -5.76. The Balaban J connectivity index is 1.82. The van der Waals surface area contributed by atoms with Gasteiger partial charge in [-0.1, -0.05) is 5.11 Å². The number of nitrogen functional groups attached to an aromatic ring is 1. The predicted molar refractivity (Wildman–Crippen MR) is 102 cm³/mol. The summed E-state index contributed by atoms with van der Waals surface area (Å²) in [5, 5.41) is 13.9. The molecule has 0 amide bonds. The number of azide groups is 1. The second-order valence-electron chi connectivity index (χ2n) is 6.15. The SMILES string of the molecule is [3H]c1nc2c(N)ncnc2n1[C@@H]1O[C@H](COP(=O)(O)OP(=O)(O)OP(=O)(O)O)[C@@H](O)[C@@H]1N=[N+]=[N-]. The molecule has 33 heavy (non-hydrogen) atoms. The van der Waals surface area contributed by atoms with Gasteiger partial charge in [0.15, 0.2) is 11.5 Å². The lowest BCUT2D eigenvalue weighted by Crippen LogP contribution is -2.32. The molecule has 3 rings (SSSR count). The van der Waals surface area contributed by atoms with Gasteiger partial charge in [-0.25, -0.2) is 28.6 Å². The zero-order valence-electron chi connectivity index (χ0n) is 16.7. The number of anilines is 1. The summed E-state index contributed by atoms with van der Waals surface area (Å²) in [7, 11) is -16.9. The summed E-state index contributed by atoms with van der Waals surface area (Å²) < 4.78 is 60.2. The fourth-order valence-corrected chi connectivity index (χ4v) is 5.76. The Labute approximate surface area is 183 Å². The molecule has 2 aromatic rings. The summed E-state index contributed by atoms with van der Waals surface area (Å²) in [6, 6.07) is -1.45. The number of fused-ring (bicyclic) bond motifs is 1. The molecule has 0 bridgehead atoms. The molecule has 0 spiro atoms. The van der Waals surface area contributed by atoms with Crippen molar-refractivity contribution in [2.45, 2.75) is 24.5 Å². The lowest BCUT2D eigenvalue weighted by molar-refractivity contribution is -0.0428. The van der Waals surface area contributed by atoms with Gasteiger partial charge in [0, 0.05) is 4.91 Å². The molecule has 0 radical (unpaired) electrons. The molecule has 182 valence electrons. The highest BCUT2D eigenvalue weighted by Crippen LogP contribution is 2.66. The van der Waals surface area contributed by atoms with E-state index in [1.54, 1.807) is 0 Å². The van der Waals surface area contributed by atoms with Gasteiger partial charge in [-0.05, 0) is 5.53 Å². The van der Waals surface area contributed by atoms with Gasteiger partial charge in [0.05, 0.1) is 19.0 Å². The molecule has 3 heterocycles. The predicted octanol–water partition coefficient (Wildman–Crippen LogP) is -0.311. The van der Waals surface area contributed by atoms with Crippen LogP contribution in [0.25, 0.3) is 21.6 Å². The van der Waals surface area contributed by atoms with Crippen LogP contribution in [-0.2, 0) is 31.6 Å². The molecule has 1 fully saturated rings. The van der Waals surface area contributed by atoms with Crippen LogP contribution in [0.4, 0.5) is 5.82 Å². The van der Waals surface area contributed by atoms with E-state index in [4.69, 9.17) is 27.2 Å². The first-order valence-electron chi connectivity index (χ1n) is 8.75. The van der Waals surface area contributed by atoms with Crippen LogP contribution in [0.1, 0.15) is 7.60 Å². The van der Waals surface area contributed by atoms with Crippen molar-refractivity contribution >= 4 is 40.4 Å². The molecule has 6 atom stereocenters. The average Bonchev–Trinajstić information content (AvgIpc) is 3.15. The molecule has 2 unspecified atom stereocenters. The molecule has 1 aliphatic heterocycles. The van der Waals surface area contributed by atoms with Crippen LogP contribution in [-0.4, -0.2) is 69.1 Å². The van der Waals surface area contributed by atoms with Crippen LogP contribution in [0, 0.1) is 0 Å². The molecule has 0 aromatic carbocycles. The number of rotatable bonds is 9. The highest BCUT2D eigenvalue weighted by molar-refractivity contribution is 7.66. The van der Waals surface area contributed by atoms with E-state index in [1.165, 1.54) is 0 Å². The molecule has 20 nitrogen and oxygen atoms in total. The third kappa shape index (κ3) is 6.11. The van der Waals surface area contributed by atoms with E-state index in [0.29, 0.717) is 0 Å². The number of phosphoric acid groups is 3. The number of imidazole rings is 1. The van der Waals surface area contributed by atoms with Gasteiger partial charge >= 0.3 is 23.5 Å². The molecule has 7 N–H and O–H groups in total. The molecule has 1 saturated heterocycles. The average molecular weight is 534 g/mol. The van der Waals surface area contributed by atoms with E-state index < -0.39 is 60.9 Å². The number of phosphoric ester groups is 1. The maximum absolute atomic E-state index is 11.9. The van der Waals surface area contributed by atoms with Crippen molar-refractivity contribution in [3.63, 3.8) is 0 Å². The maximum Gasteiger partial charge on any atom is 0.490 e. The number of aromatic nitrogens is 4. The lowest BCUT2D eigenvalue weighted by atomic mass is 10.1. The van der Waals surface area contributed by atoms with Crippen LogP contribution in [0.15, 0.2) is 17.7 Å². The Morgan fingerprint density at radius 1 is 1.24 bits per heavy atom. The van der Waals surface area contributed by atoms with Crippen molar-refractivity contribution in [3.8, 4) is 0 Å². The van der Waals surface area contributed by atoms with Crippen molar-refractivity contribution in [2.24, 2.45) is 5.11 Å². The highest BCUT2D eigenvalue weighted by atomic mass is 31.3. The zero-order valence-corrected chi connectivity index (χ0v) is 18.4. The van der Waals surface area contributed by atoms with Crippen LogP contribution >= 0.6 is 23.5 Å². The largest absolute Gasteiger partial charge is 0.490 e. The van der Waals surface area contributed by atoms with Crippen molar-refractivity contribution in [1.29, 1.82) is 0 Å². The summed E-state index contributed by atoms with van der Waals surface area (Å²) in [5.41, 5.74) is 14.5. The number of hydrogen-bond donors (Lipinski definition) is 6. The number of aliphatic hydroxyl groups is 1. The zero-order chi connectivity index (χ0) is 25.5. The second kappa shape index (κ2) is 9.32. The first-order chi connectivity index (χ1) is 15.6. The third-order valence-electron chi connectivity index (χ3n) is 3.92. The monoisotopic (exact) mass is 534 g/mol. The van der Waals surface area contributed by atoms with E-state index in [9.17, 15) is 28.6 Å². The van der Waals surface area contributed by atoms with Crippen molar-refractivity contribution in [1.82, 2.24) is 19.5 Å². The Bertz CT molecular complexity index is 1280. The van der Waals surface area contributed by atoms with Gasteiger partial charge in [-0.2, -0.15) is 8.62 Å². The summed E-state index contributed by atoms with van der Waals surface area (Å²) in [6.45, 7) is -1.03. The van der Waals surface area contributed by atoms with Gasteiger partial charge < -0.3 is 35.2 Å². The summed E-state index contributed by atoms with van der Waals surface area (Å²) >= 11 is 0. The number of aliphatic hydroxyl groups excluding tert-OH is 1. The summed E-state index contributed by atoms with van der Waals surface area (Å²) in [4.78, 5) is 49.9. The highest BCUT2D eigenvalue weighted by Gasteiger charge is 2.47. The van der Waals surface area contributed by atoms with E-state index in [-0.39, 0.29) is 17.0 Å². The Hall–Kier alpha value is -2.01. The Kier molecular flexibility index (Phi) is 6.82. The Morgan fingerprint density at radius 3 is 2.58 bits per heavy atom. The van der Waals surface area contributed by atoms with Gasteiger partial charge in [-0.15, -0.1) is 0 Å². The van der Waals surface area contributed by atoms with E-state index in [1.807, 2.05) is 0 Å². The number of hydrogen-bond acceptors (Lipinski definition) is 13. The van der Waals surface area contributed by atoms with E-state index >= 15 is 0 Å². The fraction of sp³-hybridized carbons (Fsp3) is 0.500. The number of nitrogens with zero attached hydrogens (tertiary/aromatic N) is 7. The topological polar surface area (TPSA) is 308 Å². The van der Waals surface area contributed by atoms with Gasteiger partial charge in [0.1, 0.15) is 31.6 Å². The van der Waals surface area contributed by atoms with Crippen LogP contribution < -0.4 is 5.73 Å². The summed E-state index contributed by atoms with van der Waals surface area (Å²) in [5.74, 6) is -0.0830. The standard InChI is InChI=1S/C10H15N8O12P3/c11-8-6-9(14-2-13-8)18(3-15-6)10-5(16-17-12)7(19)4(28-10)1-27-32(23,24)30-33(25,26)29-31(20,21)22/h2-5,7,10,19H,1H2,(H,23,24)(H,25,26)(H2,11,13,14)(H2,20,21,22)/t4-,5+,7-,10-/m1/s1/i3T. The maximum atomic E-state index is 11.9. The molecule has 2 aromatic heterocycles. The third-order valence-corrected chi connectivity index (χ3v) is 7.73. The first kappa shape index (κ1) is 24.1. The smallest absolute Gasteiger partial charge is 0.390 e. The van der Waals surface area contributed by atoms with Crippen LogP contribution in [0.2, 0.25) is 0 Å². The molecule has 1 aliphatic rings. The molecule has 23 heteroatoms. The Morgan fingerprint density at radius 2 is 1.94 bits per heavy atom. The minimum absolute atomic E-state index is 0.00184.